The number of esters is 1. The molecule has 0 aliphatic heterocycles. The topological polar surface area (TPSA) is 77.3 Å². The third-order valence-electron chi connectivity index (χ3n) is 2.41. The summed E-state index contributed by atoms with van der Waals surface area (Å²) in [5, 5.41) is 0.487. The summed E-state index contributed by atoms with van der Waals surface area (Å²) in [7, 11) is 1.23. The smallest absolute Gasteiger partial charge is 0.387 e. The van der Waals surface area contributed by atoms with Crippen molar-refractivity contribution in [2.24, 2.45) is 0 Å². The van der Waals surface area contributed by atoms with Crippen molar-refractivity contribution in [1.82, 2.24) is 4.98 Å². The van der Waals surface area contributed by atoms with Crippen molar-refractivity contribution in [2.75, 3.05) is 12.8 Å². The van der Waals surface area contributed by atoms with Gasteiger partial charge < -0.3 is 20.2 Å². The Bertz CT molecular complexity index is 595. The Labute approximate surface area is 100 Å². The molecule has 1 aromatic carbocycles. The lowest BCUT2D eigenvalue weighted by Gasteiger charge is -2.04. The van der Waals surface area contributed by atoms with Gasteiger partial charge in [-0.2, -0.15) is 8.78 Å². The summed E-state index contributed by atoms with van der Waals surface area (Å²) in [6.07, 6.45) is 0. The zero-order valence-corrected chi connectivity index (χ0v) is 9.37. The van der Waals surface area contributed by atoms with E-state index in [2.05, 4.69) is 14.5 Å². The lowest BCUT2D eigenvalue weighted by atomic mass is 10.1. The van der Waals surface area contributed by atoms with Crippen LogP contribution < -0.4 is 10.5 Å². The van der Waals surface area contributed by atoms with E-state index in [0.717, 1.165) is 0 Å². The molecule has 0 aliphatic rings. The molecular weight excluding hydrogens is 246 g/mol. The fourth-order valence-electron chi connectivity index (χ4n) is 1.70. The van der Waals surface area contributed by atoms with Gasteiger partial charge in [0.25, 0.3) is 0 Å². The summed E-state index contributed by atoms with van der Waals surface area (Å²) < 4.78 is 32.9. The van der Waals surface area contributed by atoms with E-state index in [1.807, 2.05) is 0 Å². The summed E-state index contributed by atoms with van der Waals surface area (Å²) in [6.45, 7) is -2.91. The number of benzene rings is 1. The minimum Gasteiger partial charge on any atom is -0.465 e. The fraction of sp³-hybridized carbons (Fsp3) is 0.182. The van der Waals surface area contributed by atoms with Crippen LogP contribution in [0.3, 0.4) is 0 Å². The van der Waals surface area contributed by atoms with Crippen LogP contribution >= 0.6 is 0 Å². The summed E-state index contributed by atoms with van der Waals surface area (Å²) in [5.41, 5.74) is 6.24. The van der Waals surface area contributed by atoms with Crippen LogP contribution in [0.1, 0.15) is 10.4 Å². The van der Waals surface area contributed by atoms with Crippen LogP contribution in [0.25, 0.3) is 10.9 Å². The number of hydrogen-bond donors (Lipinski definition) is 2. The van der Waals surface area contributed by atoms with Gasteiger partial charge in [-0.1, -0.05) is 0 Å². The number of ether oxygens (including phenoxy) is 2. The second kappa shape index (κ2) is 4.52. The monoisotopic (exact) mass is 256 g/mol. The minimum atomic E-state index is -2.91. The van der Waals surface area contributed by atoms with E-state index in [1.54, 1.807) is 0 Å². The Morgan fingerprint density at radius 3 is 2.78 bits per heavy atom. The lowest BCUT2D eigenvalue weighted by Crippen LogP contribution is -2.04. The highest BCUT2D eigenvalue weighted by Gasteiger charge is 2.18. The van der Waals surface area contributed by atoms with Crippen LogP contribution in [0, 0.1) is 0 Å². The van der Waals surface area contributed by atoms with Gasteiger partial charge >= 0.3 is 12.6 Å². The average molecular weight is 256 g/mol. The summed E-state index contributed by atoms with van der Waals surface area (Å²) in [6, 6.07) is 4.13. The molecule has 0 atom stereocenters. The number of anilines is 1. The van der Waals surface area contributed by atoms with Gasteiger partial charge in [0, 0.05) is 11.5 Å². The molecule has 0 saturated heterocycles. The summed E-state index contributed by atoms with van der Waals surface area (Å²) >= 11 is 0. The molecule has 0 unspecified atom stereocenters. The molecule has 2 rings (SSSR count). The highest BCUT2D eigenvalue weighted by atomic mass is 19.3. The molecule has 0 saturated carbocycles. The maximum Gasteiger partial charge on any atom is 0.387 e. The molecule has 18 heavy (non-hydrogen) atoms. The number of halogens is 2. The Kier molecular flexibility index (Phi) is 3.05. The number of alkyl halides is 2. The quantitative estimate of drug-likeness (QED) is 0.825. The first-order chi connectivity index (χ1) is 8.52. The summed E-state index contributed by atoms with van der Waals surface area (Å²) in [5.74, 6) is -0.498. The number of fused-ring (bicyclic) bond motifs is 1. The van der Waals surface area contributed by atoms with Gasteiger partial charge in [-0.25, -0.2) is 4.79 Å². The van der Waals surface area contributed by atoms with Gasteiger partial charge in [-0.15, -0.1) is 0 Å². The number of rotatable bonds is 3. The van der Waals surface area contributed by atoms with Gasteiger partial charge in [0.2, 0.25) is 0 Å². The molecular formula is C11H10F2N2O3. The van der Waals surface area contributed by atoms with Crippen LogP contribution in [-0.4, -0.2) is 24.7 Å². The Morgan fingerprint density at radius 2 is 2.17 bits per heavy atom. The molecule has 96 valence electrons. The van der Waals surface area contributed by atoms with Crippen molar-refractivity contribution >= 4 is 22.7 Å². The van der Waals surface area contributed by atoms with E-state index in [4.69, 9.17) is 5.73 Å². The van der Waals surface area contributed by atoms with E-state index in [-0.39, 0.29) is 17.1 Å². The first-order valence-corrected chi connectivity index (χ1v) is 4.97. The molecule has 0 fully saturated rings. The zero-order chi connectivity index (χ0) is 13.3. The first-order valence-electron chi connectivity index (χ1n) is 4.97. The van der Waals surface area contributed by atoms with E-state index >= 15 is 0 Å². The van der Waals surface area contributed by atoms with E-state index in [9.17, 15) is 13.6 Å². The predicted molar refractivity (Wildman–Crippen MR) is 60.7 cm³/mol. The van der Waals surface area contributed by atoms with Gasteiger partial charge in [-0.3, -0.25) is 0 Å². The molecule has 0 spiro atoms. The largest absolute Gasteiger partial charge is 0.465 e. The fourth-order valence-corrected chi connectivity index (χ4v) is 1.70. The second-order valence-corrected chi connectivity index (χ2v) is 3.49. The van der Waals surface area contributed by atoms with Crippen LogP contribution in [0.5, 0.6) is 5.75 Å². The summed E-state index contributed by atoms with van der Waals surface area (Å²) in [4.78, 5) is 14.2. The van der Waals surface area contributed by atoms with Gasteiger partial charge in [0.15, 0.2) is 0 Å². The molecule has 0 bridgehead atoms. The zero-order valence-electron chi connectivity index (χ0n) is 9.37. The lowest BCUT2D eigenvalue weighted by molar-refractivity contribution is -0.0497. The number of carbonyl (C=O) groups excluding carboxylic acids is 1. The molecule has 7 heteroatoms. The van der Waals surface area contributed by atoms with Crippen LogP contribution in [0.4, 0.5) is 14.6 Å². The number of hydrogen-bond acceptors (Lipinski definition) is 4. The highest BCUT2D eigenvalue weighted by Crippen LogP contribution is 2.28. The number of nitrogens with two attached hydrogens (primary N) is 1. The number of H-pyrrole nitrogens is 1. The van der Waals surface area contributed by atoms with E-state index in [1.165, 1.54) is 25.3 Å². The third kappa shape index (κ3) is 2.06. The normalized spacial score (nSPS) is 10.9. The van der Waals surface area contributed by atoms with Gasteiger partial charge in [-0.05, 0) is 12.1 Å². The number of aromatic nitrogens is 1. The van der Waals surface area contributed by atoms with Crippen molar-refractivity contribution in [1.29, 1.82) is 0 Å². The van der Waals surface area contributed by atoms with Crippen molar-refractivity contribution in [3.8, 4) is 5.75 Å². The van der Waals surface area contributed by atoms with Crippen LogP contribution in [-0.2, 0) is 4.74 Å². The average Bonchev–Trinajstić information content (AvgIpc) is 2.62. The molecule has 5 nitrogen and oxygen atoms in total. The Morgan fingerprint density at radius 1 is 1.44 bits per heavy atom. The molecule has 1 heterocycles. The molecule has 2 aromatic rings. The van der Waals surface area contributed by atoms with Crippen LogP contribution in [0.15, 0.2) is 18.2 Å². The Hall–Kier alpha value is -2.31. The van der Waals surface area contributed by atoms with E-state index < -0.39 is 12.6 Å². The van der Waals surface area contributed by atoms with Crippen LogP contribution in [0.2, 0.25) is 0 Å². The SMILES string of the molecule is COC(=O)c1c(N)[nH]c2cc(OC(F)F)ccc12. The number of nitrogens with one attached hydrogen (secondary N) is 1. The van der Waals surface area contributed by atoms with Crippen molar-refractivity contribution in [2.45, 2.75) is 6.61 Å². The molecule has 0 amide bonds. The second-order valence-electron chi connectivity index (χ2n) is 3.49. The van der Waals surface area contributed by atoms with Crippen molar-refractivity contribution in [3.05, 3.63) is 23.8 Å². The maximum absolute atomic E-state index is 12.1. The molecule has 0 radical (unpaired) electrons. The van der Waals surface area contributed by atoms with Crippen molar-refractivity contribution < 1.29 is 23.0 Å². The Balaban J connectivity index is 2.51. The number of carbonyl (C=O) groups is 1. The van der Waals surface area contributed by atoms with Gasteiger partial charge in [0.1, 0.15) is 17.1 Å². The minimum absolute atomic E-state index is 0.0184. The number of aromatic amines is 1. The number of nitrogen functional groups attached to an aromatic ring is 1. The first kappa shape index (κ1) is 12.2. The third-order valence-corrected chi connectivity index (χ3v) is 2.41. The number of methoxy groups -OCH3 is 1. The predicted octanol–water partition coefficient (Wildman–Crippen LogP) is 2.14. The highest BCUT2D eigenvalue weighted by molar-refractivity contribution is 6.09. The van der Waals surface area contributed by atoms with Crippen molar-refractivity contribution in [3.63, 3.8) is 0 Å². The molecule has 0 aliphatic carbocycles. The maximum atomic E-state index is 12.1. The van der Waals surface area contributed by atoms with E-state index in [0.29, 0.717) is 10.9 Å². The standard InChI is InChI=1S/C11H10F2N2O3/c1-17-10(16)8-6-3-2-5(18-11(12)13)4-7(6)15-9(8)14/h2-4,11,15H,14H2,1H3. The molecule has 3 N–H and O–H groups in total. The molecule has 1 aromatic heterocycles. The van der Waals surface area contributed by atoms with Gasteiger partial charge in [0.05, 0.1) is 12.6 Å².